The van der Waals surface area contributed by atoms with Gasteiger partial charge in [-0.25, -0.2) is 14.2 Å². The van der Waals surface area contributed by atoms with Crippen LogP contribution in [0.1, 0.15) is 18.2 Å². The lowest BCUT2D eigenvalue weighted by atomic mass is 10.1. The van der Waals surface area contributed by atoms with Crippen molar-refractivity contribution in [1.82, 2.24) is 19.1 Å². The smallest absolute Gasteiger partial charge is 0.328 e. The molecule has 0 saturated heterocycles. The molecule has 0 fully saturated rings. The topological polar surface area (TPSA) is 102 Å². The molecule has 0 atom stereocenters. The van der Waals surface area contributed by atoms with Gasteiger partial charge in [-0.2, -0.15) is 0 Å². The number of carbonyl (C=O) groups is 1. The average Bonchev–Trinajstić information content (AvgIpc) is 3.30. The molecule has 1 amide bonds. The number of carbonyl (C=O) groups excluding carboxylic acids is 1. The molecule has 0 radical (unpaired) electrons. The van der Waals surface area contributed by atoms with E-state index in [2.05, 4.69) is 15.3 Å². The van der Waals surface area contributed by atoms with Crippen LogP contribution >= 0.6 is 22.9 Å². The highest BCUT2D eigenvalue weighted by molar-refractivity contribution is 7.14. The number of aromatic nitrogens is 4. The highest BCUT2D eigenvalue weighted by atomic mass is 35.5. The van der Waals surface area contributed by atoms with E-state index in [9.17, 15) is 18.8 Å². The second-order valence-corrected chi connectivity index (χ2v) is 8.55. The highest BCUT2D eigenvalue weighted by Gasteiger charge is 2.17. The van der Waals surface area contributed by atoms with Gasteiger partial charge in [-0.3, -0.25) is 14.2 Å². The summed E-state index contributed by atoms with van der Waals surface area (Å²) in [4.78, 5) is 44.0. The molecule has 8 nitrogen and oxygen atoms in total. The predicted octanol–water partition coefficient (Wildman–Crippen LogP) is 3.45. The molecule has 4 rings (SSSR count). The molecule has 0 spiro atoms. The molecular formula is C21H19ClFN5O3S. The lowest BCUT2D eigenvalue weighted by Crippen LogP contribution is -2.33. The fraction of sp³-hybridized carbons (Fsp3) is 0.238. The second-order valence-electron chi connectivity index (χ2n) is 7.29. The van der Waals surface area contributed by atoms with Gasteiger partial charge in [-0.05, 0) is 31.5 Å². The largest absolute Gasteiger partial charge is 0.330 e. The van der Waals surface area contributed by atoms with Gasteiger partial charge in [0.2, 0.25) is 5.91 Å². The molecule has 1 aromatic carbocycles. The van der Waals surface area contributed by atoms with E-state index < -0.39 is 23.0 Å². The minimum absolute atomic E-state index is 0.142. The van der Waals surface area contributed by atoms with E-state index in [1.807, 2.05) is 6.92 Å². The Labute approximate surface area is 190 Å². The van der Waals surface area contributed by atoms with E-state index in [0.29, 0.717) is 44.6 Å². The van der Waals surface area contributed by atoms with Crippen LogP contribution < -0.4 is 16.6 Å². The number of halogens is 2. The van der Waals surface area contributed by atoms with Crippen LogP contribution in [0.15, 0.2) is 33.2 Å². The van der Waals surface area contributed by atoms with Crippen molar-refractivity contribution in [2.45, 2.75) is 26.8 Å². The Bertz CT molecular complexity index is 1460. The first-order valence-corrected chi connectivity index (χ1v) is 11.0. The van der Waals surface area contributed by atoms with Crippen molar-refractivity contribution < 1.29 is 9.18 Å². The van der Waals surface area contributed by atoms with Gasteiger partial charge in [0.15, 0.2) is 5.13 Å². The normalized spacial score (nSPS) is 11.3. The molecule has 0 aliphatic rings. The van der Waals surface area contributed by atoms with Crippen molar-refractivity contribution in [3.63, 3.8) is 0 Å². The van der Waals surface area contributed by atoms with Gasteiger partial charge in [0.1, 0.15) is 17.9 Å². The van der Waals surface area contributed by atoms with Gasteiger partial charge in [-0.1, -0.05) is 18.5 Å². The minimum Gasteiger partial charge on any atom is -0.330 e. The average molecular weight is 476 g/mol. The van der Waals surface area contributed by atoms with E-state index in [1.54, 1.807) is 24.4 Å². The van der Waals surface area contributed by atoms with Crippen molar-refractivity contribution >= 4 is 45.0 Å². The van der Waals surface area contributed by atoms with Crippen molar-refractivity contribution in [2.24, 2.45) is 7.05 Å². The highest BCUT2D eigenvalue weighted by Crippen LogP contribution is 2.30. The Kier molecular flexibility index (Phi) is 5.74. The number of aromatic amines is 1. The third-order valence-electron chi connectivity index (χ3n) is 5.20. The molecule has 2 N–H and O–H groups in total. The number of thiazole rings is 1. The van der Waals surface area contributed by atoms with E-state index in [0.717, 1.165) is 4.57 Å². The van der Waals surface area contributed by atoms with Gasteiger partial charge in [-0.15, -0.1) is 11.3 Å². The van der Waals surface area contributed by atoms with Crippen molar-refractivity contribution in [3.8, 4) is 11.3 Å². The fourth-order valence-corrected chi connectivity index (χ4v) is 4.59. The summed E-state index contributed by atoms with van der Waals surface area (Å²) < 4.78 is 16.7. The first-order valence-electron chi connectivity index (χ1n) is 9.72. The second kappa shape index (κ2) is 8.36. The van der Waals surface area contributed by atoms with E-state index in [4.69, 9.17) is 11.6 Å². The number of H-pyrrole nitrogens is 1. The van der Waals surface area contributed by atoms with Crippen molar-refractivity contribution in [2.75, 3.05) is 5.32 Å². The molecule has 0 aliphatic carbocycles. The first-order chi connectivity index (χ1) is 15.2. The van der Waals surface area contributed by atoms with Crippen LogP contribution in [0.5, 0.6) is 0 Å². The van der Waals surface area contributed by atoms with Gasteiger partial charge in [0.05, 0.1) is 11.2 Å². The van der Waals surface area contributed by atoms with Gasteiger partial charge < -0.3 is 14.9 Å². The quantitative estimate of drug-likeness (QED) is 0.461. The number of nitrogens with one attached hydrogen (secondary N) is 2. The zero-order valence-corrected chi connectivity index (χ0v) is 19.0. The zero-order chi connectivity index (χ0) is 23.2. The summed E-state index contributed by atoms with van der Waals surface area (Å²) in [6, 6.07) is 4.67. The molecule has 32 heavy (non-hydrogen) atoms. The van der Waals surface area contributed by atoms with Gasteiger partial charge in [0.25, 0.3) is 5.56 Å². The molecule has 11 heteroatoms. The Morgan fingerprint density at radius 3 is 2.75 bits per heavy atom. The third-order valence-corrected chi connectivity index (χ3v) is 6.30. The monoisotopic (exact) mass is 475 g/mol. The molecule has 166 valence electrons. The SMILES string of the molecule is CCc1c(F)cc(-c2csc(NC(=O)Cn3c(C)cc4[nH]c(=O)n(C)c(=O)c43)n2)cc1Cl. The number of rotatable bonds is 5. The maximum absolute atomic E-state index is 14.2. The van der Waals surface area contributed by atoms with Crippen LogP contribution in [-0.4, -0.2) is 25.0 Å². The number of amides is 1. The van der Waals surface area contributed by atoms with Crippen LogP contribution in [0.25, 0.3) is 22.3 Å². The van der Waals surface area contributed by atoms with Gasteiger partial charge >= 0.3 is 5.69 Å². The number of nitrogens with zero attached hydrogens (tertiary/aromatic N) is 3. The number of hydrogen-bond donors (Lipinski definition) is 2. The predicted molar refractivity (Wildman–Crippen MR) is 123 cm³/mol. The van der Waals surface area contributed by atoms with Crippen LogP contribution in [0.4, 0.5) is 9.52 Å². The summed E-state index contributed by atoms with van der Waals surface area (Å²) in [5.74, 6) is -0.798. The Morgan fingerprint density at radius 2 is 2.06 bits per heavy atom. The molecule has 3 aromatic heterocycles. The maximum Gasteiger partial charge on any atom is 0.328 e. The lowest BCUT2D eigenvalue weighted by molar-refractivity contribution is -0.116. The van der Waals surface area contributed by atoms with E-state index >= 15 is 0 Å². The Morgan fingerprint density at radius 1 is 1.31 bits per heavy atom. The number of hydrogen-bond acceptors (Lipinski definition) is 5. The zero-order valence-electron chi connectivity index (χ0n) is 17.5. The van der Waals surface area contributed by atoms with Crippen molar-refractivity contribution in [3.05, 3.63) is 66.5 Å². The van der Waals surface area contributed by atoms with Crippen LogP contribution in [0, 0.1) is 12.7 Å². The molecule has 0 bridgehead atoms. The number of aryl methyl sites for hydroxylation is 1. The number of anilines is 1. The van der Waals surface area contributed by atoms with E-state index in [-0.39, 0.29) is 12.1 Å². The standard InChI is InChI=1S/C21H19ClFN5O3S/c1-4-12-13(22)6-11(7-14(12)23)16-9-32-20(24-16)26-17(29)8-28-10(2)5-15-18(28)19(30)27(3)21(31)25-15/h5-7,9H,4,8H2,1-3H3,(H,25,31)(H,24,26,29). The molecule has 3 heterocycles. The van der Waals surface area contributed by atoms with Crippen LogP contribution in [0.3, 0.4) is 0 Å². The van der Waals surface area contributed by atoms with Crippen molar-refractivity contribution in [1.29, 1.82) is 0 Å². The molecule has 4 aromatic rings. The van der Waals surface area contributed by atoms with Crippen LogP contribution in [0.2, 0.25) is 5.02 Å². The fourth-order valence-electron chi connectivity index (χ4n) is 3.51. The van der Waals surface area contributed by atoms with Crippen LogP contribution in [-0.2, 0) is 24.8 Å². The minimum atomic E-state index is -0.525. The lowest BCUT2D eigenvalue weighted by Gasteiger charge is -2.08. The summed E-state index contributed by atoms with van der Waals surface area (Å²) in [6.07, 6.45) is 0.480. The molecular weight excluding hydrogens is 457 g/mol. The summed E-state index contributed by atoms with van der Waals surface area (Å²) >= 11 is 7.36. The molecule has 0 unspecified atom stereocenters. The summed E-state index contributed by atoms with van der Waals surface area (Å²) in [5, 5.41) is 5.06. The maximum atomic E-state index is 14.2. The molecule has 0 aliphatic heterocycles. The van der Waals surface area contributed by atoms with Gasteiger partial charge in [0, 0.05) is 34.3 Å². The summed E-state index contributed by atoms with van der Waals surface area (Å²) in [5.41, 5.74) is 1.69. The number of fused-ring (bicyclic) bond motifs is 1. The first kappa shape index (κ1) is 22.0. The summed E-state index contributed by atoms with van der Waals surface area (Å²) in [7, 11) is 1.37. The number of benzene rings is 1. The third kappa shape index (κ3) is 3.87. The Balaban J connectivity index is 1.58. The molecule has 0 saturated carbocycles. The Hall–Kier alpha value is -3.24. The van der Waals surface area contributed by atoms with E-state index in [1.165, 1.54) is 29.0 Å². The summed E-state index contributed by atoms with van der Waals surface area (Å²) in [6.45, 7) is 3.42.